The molecule has 4 nitrogen and oxygen atoms in total. The van der Waals surface area contributed by atoms with E-state index in [0.717, 1.165) is 0 Å². The van der Waals surface area contributed by atoms with Crippen molar-refractivity contribution in [1.82, 2.24) is 14.7 Å². The molecule has 0 aromatic carbocycles. The topological polar surface area (TPSA) is 47.1 Å². The maximum atomic E-state index is 6.28. The predicted molar refractivity (Wildman–Crippen MR) is 81.3 cm³/mol. The number of aryl methyl sites for hydroxylation is 1. The number of hydrogen-bond acceptors (Lipinski definition) is 3. The molecule has 2 N–H and O–H groups in total. The van der Waals surface area contributed by atoms with E-state index in [1.54, 1.807) is 0 Å². The molecule has 0 amide bonds. The summed E-state index contributed by atoms with van der Waals surface area (Å²) in [7, 11) is 1.98. The molecule has 20 heavy (non-hydrogen) atoms. The van der Waals surface area contributed by atoms with Gasteiger partial charge in [0.2, 0.25) is 0 Å². The second-order valence-corrected chi connectivity index (χ2v) is 6.99. The summed E-state index contributed by atoms with van der Waals surface area (Å²) >= 11 is 0. The zero-order valence-corrected chi connectivity index (χ0v) is 12.9. The number of nitrogens with two attached hydrogens (primary N) is 1. The Balaban J connectivity index is 1.70. The van der Waals surface area contributed by atoms with Gasteiger partial charge in [0.1, 0.15) is 0 Å². The lowest BCUT2D eigenvalue weighted by atomic mass is 9.76. The fraction of sp³-hybridized carbons (Fsp3) is 0.812. The minimum atomic E-state index is 0.150. The van der Waals surface area contributed by atoms with Gasteiger partial charge < -0.3 is 5.73 Å². The molecular weight excluding hydrogens is 248 g/mol. The third-order valence-electron chi connectivity index (χ3n) is 5.48. The molecule has 2 heterocycles. The molecule has 4 heteroatoms. The fourth-order valence-corrected chi connectivity index (χ4v) is 4.34. The number of rotatable bonds is 3. The molecule has 3 rings (SSSR count). The Kier molecular flexibility index (Phi) is 3.87. The molecule has 0 radical (unpaired) electrons. The normalized spacial score (nSPS) is 25.9. The van der Waals surface area contributed by atoms with Crippen LogP contribution in [0.2, 0.25) is 0 Å². The van der Waals surface area contributed by atoms with Crippen molar-refractivity contribution in [3.05, 3.63) is 18.0 Å². The van der Waals surface area contributed by atoms with Gasteiger partial charge in [-0.15, -0.1) is 0 Å². The van der Waals surface area contributed by atoms with Gasteiger partial charge in [-0.1, -0.05) is 12.8 Å². The maximum absolute atomic E-state index is 6.28. The monoisotopic (exact) mass is 276 g/mol. The summed E-state index contributed by atoms with van der Waals surface area (Å²) < 4.78 is 1.88. The van der Waals surface area contributed by atoms with Gasteiger partial charge in [0.15, 0.2) is 0 Å². The Bertz CT molecular complexity index is 435. The highest BCUT2D eigenvalue weighted by molar-refractivity contribution is 5.13. The molecule has 1 spiro atoms. The molecule has 1 aromatic rings. The van der Waals surface area contributed by atoms with Gasteiger partial charge >= 0.3 is 0 Å². The summed E-state index contributed by atoms with van der Waals surface area (Å²) in [5.74, 6) is 0. The largest absolute Gasteiger partial charge is 0.326 e. The van der Waals surface area contributed by atoms with Crippen molar-refractivity contribution in [2.45, 2.75) is 57.5 Å². The Labute approximate surface area is 122 Å². The van der Waals surface area contributed by atoms with Crippen LogP contribution in [0.1, 0.15) is 57.1 Å². The quantitative estimate of drug-likeness (QED) is 0.922. The minimum absolute atomic E-state index is 0.150. The van der Waals surface area contributed by atoms with Crippen LogP contribution in [0.5, 0.6) is 0 Å². The summed E-state index contributed by atoms with van der Waals surface area (Å²) in [5, 5.41) is 4.32. The Hall–Kier alpha value is -0.870. The maximum Gasteiger partial charge on any atom is 0.0538 e. The number of hydrogen-bond donors (Lipinski definition) is 1. The average molecular weight is 276 g/mol. The molecule has 112 valence electrons. The number of nitrogens with zero attached hydrogens (tertiary/aromatic N) is 3. The third kappa shape index (κ3) is 2.63. The smallest absolute Gasteiger partial charge is 0.0538 e. The average Bonchev–Trinajstić information content (AvgIpc) is 3.02. The SMILES string of the molecule is CC(N)C(c1cnn(C)c1)N1CCC2(CCCC2)CC1. The van der Waals surface area contributed by atoms with E-state index in [9.17, 15) is 0 Å². The van der Waals surface area contributed by atoms with E-state index in [1.807, 2.05) is 17.9 Å². The lowest BCUT2D eigenvalue weighted by molar-refractivity contribution is 0.0677. The van der Waals surface area contributed by atoms with Crippen LogP contribution in [0.15, 0.2) is 12.4 Å². The molecule has 1 aliphatic carbocycles. The van der Waals surface area contributed by atoms with Gasteiger partial charge in [0, 0.05) is 24.8 Å². The first-order valence-corrected chi connectivity index (χ1v) is 8.08. The van der Waals surface area contributed by atoms with Crippen LogP contribution in [0, 0.1) is 5.41 Å². The standard InChI is InChI=1S/C16H28N4/c1-13(17)15(14-11-18-19(2)12-14)20-9-7-16(8-10-20)5-3-4-6-16/h11-13,15H,3-10,17H2,1-2H3. The number of piperidine rings is 1. The van der Waals surface area contributed by atoms with Crippen molar-refractivity contribution in [3.63, 3.8) is 0 Å². The first-order chi connectivity index (χ1) is 9.60. The van der Waals surface area contributed by atoms with E-state index in [2.05, 4.69) is 23.1 Å². The van der Waals surface area contributed by atoms with E-state index in [4.69, 9.17) is 5.73 Å². The molecule has 2 aliphatic rings. The van der Waals surface area contributed by atoms with Crippen LogP contribution in [0.25, 0.3) is 0 Å². The third-order valence-corrected chi connectivity index (χ3v) is 5.48. The summed E-state index contributed by atoms with van der Waals surface area (Å²) in [4.78, 5) is 2.59. The van der Waals surface area contributed by atoms with E-state index in [0.29, 0.717) is 11.5 Å². The highest BCUT2D eigenvalue weighted by Crippen LogP contribution is 2.47. The van der Waals surface area contributed by atoms with Crippen molar-refractivity contribution >= 4 is 0 Å². The van der Waals surface area contributed by atoms with Gasteiger partial charge in [0.05, 0.1) is 12.2 Å². The van der Waals surface area contributed by atoms with Crippen LogP contribution in [0.3, 0.4) is 0 Å². The van der Waals surface area contributed by atoms with Crippen LogP contribution in [-0.2, 0) is 7.05 Å². The zero-order valence-electron chi connectivity index (χ0n) is 12.9. The van der Waals surface area contributed by atoms with Crippen molar-refractivity contribution in [3.8, 4) is 0 Å². The first kappa shape index (κ1) is 14.1. The summed E-state index contributed by atoms with van der Waals surface area (Å²) in [5.41, 5.74) is 8.22. The van der Waals surface area contributed by atoms with E-state index >= 15 is 0 Å². The number of likely N-dealkylation sites (tertiary alicyclic amines) is 1. The highest BCUT2D eigenvalue weighted by atomic mass is 15.3. The predicted octanol–water partition coefficient (Wildman–Crippen LogP) is 2.46. The Morgan fingerprint density at radius 2 is 1.85 bits per heavy atom. The zero-order chi connectivity index (χ0) is 14.2. The second-order valence-electron chi connectivity index (χ2n) is 6.99. The van der Waals surface area contributed by atoms with E-state index in [1.165, 1.54) is 57.2 Å². The van der Waals surface area contributed by atoms with Crippen molar-refractivity contribution < 1.29 is 0 Å². The molecule has 1 saturated carbocycles. The van der Waals surface area contributed by atoms with Crippen molar-refractivity contribution in [1.29, 1.82) is 0 Å². The molecule has 2 fully saturated rings. The van der Waals surface area contributed by atoms with E-state index in [-0.39, 0.29) is 6.04 Å². The Morgan fingerprint density at radius 3 is 2.35 bits per heavy atom. The lowest BCUT2D eigenvalue weighted by Crippen LogP contribution is -2.46. The second kappa shape index (κ2) is 5.49. The lowest BCUT2D eigenvalue weighted by Gasteiger charge is -2.43. The molecule has 1 aliphatic heterocycles. The first-order valence-electron chi connectivity index (χ1n) is 8.08. The van der Waals surface area contributed by atoms with Crippen LogP contribution in [0.4, 0.5) is 0 Å². The molecule has 2 atom stereocenters. The van der Waals surface area contributed by atoms with Crippen molar-refractivity contribution in [2.24, 2.45) is 18.2 Å². The number of aromatic nitrogens is 2. The summed E-state index contributed by atoms with van der Waals surface area (Å²) in [6.45, 7) is 4.51. The van der Waals surface area contributed by atoms with Gasteiger partial charge in [0.25, 0.3) is 0 Å². The fourth-order valence-electron chi connectivity index (χ4n) is 4.34. The molecule has 2 unspecified atom stereocenters. The molecular formula is C16H28N4. The van der Waals surface area contributed by atoms with Gasteiger partial charge in [-0.2, -0.15) is 5.10 Å². The van der Waals surface area contributed by atoms with Crippen LogP contribution < -0.4 is 5.73 Å². The minimum Gasteiger partial charge on any atom is -0.326 e. The molecule has 0 bridgehead atoms. The van der Waals surface area contributed by atoms with E-state index < -0.39 is 0 Å². The van der Waals surface area contributed by atoms with Crippen molar-refractivity contribution in [2.75, 3.05) is 13.1 Å². The molecule has 1 aromatic heterocycles. The van der Waals surface area contributed by atoms with Gasteiger partial charge in [-0.25, -0.2) is 0 Å². The summed E-state index contributed by atoms with van der Waals surface area (Å²) in [6.07, 6.45) is 12.6. The molecule has 1 saturated heterocycles. The summed E-state index contributed by atoms with van der Waals surface area (Å²) in [6, 6.07) is 0.472. The van der Waals surface area contributed by atoms with Gasteiger partial charge in [-0.3, -0.25) is 9.58 Å². The van der Waals surface area contributed by atoms with Gasteiger partial charge in [-0.05, 0) is 51.1 Å². The van der Waals surface area contributed by atoms with Crippen LogP contribution >= 0.6 is 0 Å². The van der Waals surface area contributed by atoms with Crippen LogP contribution in [-0.4, -0.2) is 33.8 Å². The highest BCUT2D eigenvalue weighted by Gasteiger charge is 2.39. The Morgan fingerprint density at radius 1 is 1.20 bits per heavy atom.